The van der Waals surface area contributed by atoms with Gasteiger partial charge in [-0.3, -0.25) is 4.90 Å². The number of nitrogens with zero attached hydrogens (tertiary/aromatic N) is 2. The molecule has 1 saturated heterocycles. The monoisotopic (exact) mass is 504 g/mol. The zero-order valence-electron chi connectivity index (χ0n) is 21.1. The quantitative estimate of drug-likeness (QED) is 0.286. The fraction of sp³-hybridized carbons (Fsp3) is 0.367. The molecule has 4 rings (SSSR count). The van der Waals surface area contributed by atoms with E-state index in [1.54, 1.807) is 4.90 Å². The van der Waals surface area contributed by atoms with Crippen molar-refractivity contribution < 1.29 is 24.5 Å². The molecule has 1 fully saturated rings. The second-order valence-corrected chi connectivity index (χ2v) is 9.12. The maximum Gasteiger partial charge on any atom is 0.407 e. The van der Waals surface area contributed by atoms with E-state index in [1.165, 1.54) is 0 Å². The van der Waals surface area contributed by atoms with Crippen molar-refractivity contribution in [1.29, 1.82) is 0 Å². The Hall–Kier alpha value is -3.23. The summed E-state index contributed by atoms with van der Waals surface area (Å²) in [5, 5.41) is 18.8. The lowest BCUT2D eigenvalue weighted by Gasteiger charge is -2.51. The lowest BCUT2D eigenvalue weighted by atomic mass is 9.75. The number of carbonyl (C=O) groups is 1. The number of hydrogen-bond donors (Lipinski definition) is 2. The number of ether oxygens (including phenoxy) is 2. The maximum atomic E-state index is 12.2. The zero-order chi connectivity index (χ0) is 25.9. The molecule has 0 saturated carbocycles. The van der Waals surface area contributed by atoms with Crippen molar-refractivity contribution >= 4 is 6.09 Å². The first-order chi connectivity index (χ1) is 18.2. The summed E-state index contributed by atoms with van der Waals surface area (Å²) in [7, 11) is 0. The van der Waals surface area contributed by atoms with Crippen LogP contribution in [0.25, 0.3) is 0 Å². The van der Waals surface area contributed by atoms with Crippen LogP contribution in [0.4, 0.5) is 4.79 Å². The van der Waals surface area contributed by atoms with Gasteiger partial charge in [0.05, 0.1) is 38.0 Å². The van der Waals surface area contributed by atoms with Crippen LogP contribution in [0.1, 0.15) is 23.1 Å². The highest BCUT2D eigenvalue weighted by Crippen LogP contribution is 2.43. The van der Waals surface area contributed by atoms with Crippen molar-refractivity contribution in [2.75, 3.05) is 52.7 Å². The van der Waals surface area contributed by atoms with E-state index >= 15 is 0 Å². The van der Waals surface area contributed by atoms with Gasteiger partial charge < -0.3 is 24.6 Å². The normalized spacial score (nSPS) is 16.6. The van der Waals surface area contributed by atoms with E-state index in [2.05, 4.69) is 77.7 Å². The average molecular weight is 505 g/mol. The van der Waals surface area contributed by atoms with Crippen LogP contribution in [0, 0.1) is 0 Å². The summed E-state index contributed by atoms with van der Waals surface area (Å²) in [4.78, 5) is 16.1. The van der Waals surface area contributed by atoms with Gasteiger partial charge in [-0.25, -0.2) is 4.79 Å². The molecule has 1 unspecified atom stereocenters. The van der Waals surface area contributed by atoms with Crippen LogP contribution in [0.15, 0.2) is 91.0 Å². The molecule has 37 heavy (non-hydrogen) atoms. The number of aliphatic hydroxyl groups is 1. The standard InChI is InChI=1S/C30H36N2O5/c33-19-21-37-23-22-36-20-16-28-24-31(17-18-32(28)29(34)35)30(25-10-4-1-5-11-25,26-12-6-2-7-13-26)27-14-8-3-9-15-27/h1-15,28,33H,16-24H2,(H,34,35). The van der Waals surface area contributed by atoms with Gasteiger partial charge in [0, 0.05) is 26.2 Å². The topological polar surface area (TPSA) is 82.5 Å². The highest BCUT2D eigenvalue weighted by molar-refractivity contribution is 5.65. The molecular formula is C30H36N2O5. The first-order valence-corrected chi connectivity index (χ1v) is 12.9. The molecule has 3 aromatic carbocycles. The summed E-state index contributed by atoms with van der Waals surface area (Å²) < 4.78 is 11.0. The third-order valence-corrected chi connectivity index (χ3v) is 6.98. The van der Waals surface area contributed by atoms with E-state index in [9.17, 15) is 9.90 Å². The minimum absolute atomic E-state index is 0.0164. The Morgan fingerprint density at radius 2 is 1.24 bits per heavy atom. The second-order valence-electron chi connectivity index (χ2n) is 9.12. The Morgan fingerprint density at radius 3 is 1.70 bits per heavy atom. The van der Waals surface area contributed by atoms with E-state index in [4.69, 9.17) is 14.6 Å². The molecule has 7 heteroatoms. The highest BCUT2D eigenvalue weighted by atomic mass is 16.5. The molecule has 7 nitrogen and oxygen atoms in total. The molecule has 1 amide bonds. The molecule has 0 aromatic heterocycles. The molecular weight excluding hydrogens is 468 g/mol. The van der Waals surface area contributed by atoms with Gasteiger partial charge in [-0.2, -0.15) is 0 Å². The number of hydrogen-bond acceptors (Lipinski definition) is 5. The third-order valence-electron chi connectivity index (χ3n) is 6.98. The van der Waals surface area contributed by atoms with Gasteiger partial charge in [-0.05, 0) is 23.1 Å². The van der Waals surface area contributed by atoms with Gasteiger partial charge in [0.1, 0.15) is 0 Å². The van der Waals surface area contributed by atoms with Crippen molar-refractivity contribution in [2.24, 2.45) is 0 Å². The summed E-state index contributed by atoms with van der Waals surface area (Å²) >= 11 is 0. The molecule has 3 aromatic rings. The lowest BCUT2D eigenvalue weighted by molar-refractivity contribution is 0.00438. The highest BCUT2D eigenvalue weighted by Gasteiger charge is 2.45. The second kappa shape index (κ2) is 13.4. The number of benzene rings is 3. The molecule has 0 spiro atoms. The van der Waals surface area contributed by atoms with Crippen molar-refractivity contribution in [2.45, 2.75) is 18.0 Å². The average Bonchev–Trinajstić information content (AvgIpc) is 2.95. The van der Waals surface area contributed by atoms with Crippen molar-refractivity contribution in [3.8, 4) is 0 Å². The molecule has 196 valence electrons. The van der Waals surface area contributed by atoms with Crippen molar-refractivity contribution in [3.05, 3.63) is 108 Å². The predicted octanol–water partition coefficient (Wildman–Crippen LogP) is 4.06. The first kappa shape index (κ1) is 26.8. The summed E-state index contributed by atoms with van der Waals surface area (Å²) in [6.07, 6.45) is -0.322. The Morgan fingerprint density at radius 1 is 0.757 bits per heavy atom. The van der Waals surface area contributed by atoms with Crippen LogP contribution in [-0.2, 0) is 15.0 Å². The number of amides is 1. The van der Waals surface area contributed by atoms with E-state index < -0.39 is 11.6 Å². The Bertz CT molecular complexity index is 984. The third kappa shape index (κ3) is 6.19. The largest absolute Gasteiger partial charge is 0.465 e. The minimum Gasteiger partial charge on any atom is -0.465 e. The van der Waals surface area contributed by atoms with Crippen LogP contribution in [-0.4, -0.2) is 84.8 Å². The van der Waals surface area contributed by atoms with Gasteiger partial charge in [0.25, 0.3) is 0 Å². The summed E-state index contributed by atoms with van der Waals surface area (Å²) in [5.41, 5.74) is 2.86. The van der Waals surface area contributed by atoms with Crippen LogP contribution in [0.5, 0.6) is 0 Å². The molecule has 0 aliphatic carbocycles. The van der Waals surface area contributed by atoms with Gasteiger partial charge in [0.2, 0.25) is 0 Å². The summed E-state index contributed by atoms with van der Waals surface area (Å²) in [6, 6.07) is 31.2. The van der Waals surface area contributed by atoms with Gasteiger partial charge in [-0.15, -0.1) is 0 Å². The molecule has 2 N–H and O–H groups in total. The Labute approximate surface area is 218 Å². The van der Waals surface area contributed by atoms with E-state index in [0.29, 0.717) is 45.9 Å². The Balaban J connectivity index is 1.67. The fourth-order valence-electron chi connectivity index (χ4n) is 5.35. The first-order valence-electron chi connectivity index (χ1n) is 12.9. The van der Waals surface area contributed by atoms with Gasteiger partial charge >= 0.3 is 6.09 Å². The van der Waals surface area contributed by atoms with Gasteiger partial charge in [-0.1, -0.05) is 91.0 Å². The number of aliphatic hydroxyl groups excluding tert-OH is 1. The summed E-state index contributed by atoms with van der Waals surface area (Å²) in [5.74, 6) is 0. The molecule has 1 aliphatic heterocycles. The predicted molar refractivity (Wildman–Crippen MR) is 143 cm³/mol. The van der Waals surface area contributed by atoms with E-state index in [1.807, 2.05) is 18.2 Å². The minimum atomic E-state index is -0.902. The molecule has 1 heterocycles. The Kier molecular flexibility index (Phi) is 9.68. The molecule has 0 bridgehead atoms. The lowest BCUT2D eigenvalue weighted by Crippen LogP contribution is -2.61. The maximum absolute atomic E-state index is 12.2. The van der Waals surface area contributed by atoms with Crippen LogP contribution >= 0.6 is 0 Å². The van der Waals surface area contributed by atoms with E-state index in [-0.39, 0.29) is 19.3 Å². The number of carboxylic acid groups (broad SMARTS) is 1. The zero-order valence-corrected chi connectivity index (χ0v) is 21.1. The molecule has 1 atom stereocenters. The van der Waals surface area contributed by atoms with Gasteiger partial charge in [0.15, 0.2) is 0 Å². The molecule has 1 aliphatic rings. The van der Waals surface area contributed by atoms with Crippen molar-refractivity contribution in [1.82, 2.24) is 9.80 Å². The summed E-state index contributed by atoms with van der Waals surface area (Å²) in [6.45, 7) is 3.08. The smallest absolute Gasteiger partial charge is 0.407 e. The number of piperazine rings is 1. The molecule has 0 radical (unpaired) electrons. The number of rotatable bonds is 12. The fourth-order valence-corrected chi connectivity index (χ4v) is 5.35. The van der Waals surface area contributed by atoms with Crippen LogP contribution < -0.4 is 0 Å². The van der Waals surface area contributed by atoms with Crippen LogP contribution in [0.2, 0.25) is 0 Å². The van der Waals surface area contributed by atoms with E-state index in [0.717, 1.165) is 16.7 Å². The van der Waals surface area contributed by atoms with Crippen LogP contribution in [0.3, 0.4) is 0 Å². The SMILES string of the molecule is O=C(O)N1CCN(C(c2ccccc2)(c2ccccc2)c2ccccc2)CC1CCOCCOCCO. The van der Waals surface area contributed by atoms with Crippen molar-refractivity contribution in [3.63, 3.8) is 0 Å².